The number of likely N-dealkylation sites (N-methyl/N-ethyl adjacent to an activating group) is 2. The second-order valence-corrected chi connectivity index (χ2v) is 7.46. The molecule has 1 aromatic carbocycles. The Balaban J connectivity index is 1.48. The summed E-state index contributed by atoms with van der Waals surface area (Å²) in [7, 11) is 4.05. The van der Waals surface area contributed by atoms with Gasteiger partial charge in [0, 0.05) is 37.4 Å². The average Bonchev–Trinajstić information content (AvgIpc) is 3.05. The summed E-state index contributed by atoms with van der Waals surface area (Å²) < 4.78 is 0. The van der Waals surface area contributed by atoms with Crippen molar-refractivity contribution in [2.24, 2.45) is 0 Å². The quantitative estimate of drug-likeness (QED) is 0.935. The van der Waals surface area contributed by atoms with E-state index in [0.29, 0.717) is 11.7 Å². The molecular formula is C20H26N4O. The van der Waals surface area contributed by atoms with Crippen molar-refractivity contribution in [3.63, 3.8) is 0 Å². The molecule has 0 saturated heterocycles. The summed E-state index contributed by atoms with van der Waals surface area (Å²) in [5.41, 5.74) is 5.74. The first-order chi connectivity index (χ1) is 12.1. The first kappa shape index (κ1) is 16.3. The third kappa shape index (κ3) is 3.09. The zero-order valence-corrected chi connectivity index (χ0v) is 15.1. The lowest BCUT2D eigenvalue weighted by atomic mass is 9.93. The van der Waals surface area contributed by atoms with Gasteiger partial charge in [-0.05, 0) is 50.3 Å². The van der Waals surface area contributed by atoms with E-state index in [4.69, 9.17) is 0 Å². The summed E-state index contributed by atoms with van der Waals surface area (Å²) in [5, 5.41) is 7.42. The molecule has 1 amide bonds. The van der Waals surface area contributed by atoms with Gasteiger partial charge < -0.3 is 4.90 Å². The number of amides is 1. The molecule has 2 aliphatic rings. The minimum atomic E-state index is 0.0478. The Labute approximate surface area is 149 Å². The molecule has 5 heteroatoms. The highest BCUT2D eigenvalue weighted by molar-refractivity contribution is 5.94. The van der Waals surface area contributed by atoms with Crippen molar-refractivity contribution in [2.75, 3.05) is 20.6 Å². The Morgan fingerprint density at radius 1 is 1.28 bits per heavy atom. The van der Waals surface area contributed by atoms with E-state index >= 15 is 0 Å². The molecule has 132 valence electrons. The highest BCUT2D eigenvalue weighted by Gasteiger charge is 2.28. The fourth-order valence-corrected chi connectivity index (χ4v) is 4.16. The van der Waals surface area contributed by atoms with Gasteiger partial charge in [0.2, 0.25) is 0 Å². The standard InChI is InChI=1S/C20H26N4O/c1-23-12-15-8-4-3-7-14(15)11-16(23)13-24(2)20(25)19-17-9-5-6-10-18(17)21-22-19/h3-4,7-8,16H,5-6,9-13H2,1-2H3,(H,21,22)/t16-/m1/s1. The van der Waals surface area contributed by atoms with E-state index in [1.165, 1.54) is 17.5 Å². The fraction of sp³-hybridized carbons (Fsp3) is 0.500. The number of aromatic amines is 1. The number of nitrogens with one attached hydrogen (secondary N) is 1. The van der Waals surface area contributed by atoms with E-state index in [0.717, 1.165) is 50.0 Å². The molecule has 4 rings (SSSR count). The lowest BCUT2D eigenvalue weighted by Gasteiger charge is -2.36. The molecule has 5 nitrogen and oxygen atoms in total. The third-order valence-corrected chi connectivity index (χ3v) is 5.71. The van der Waals surface area contributed by atoms with Crippen LogP contribution in [0.5, 0.6) is 0 Å². The Bertz CT molecular complexity index is 782. The van der Waals surface area contributed by atoms with Crippen LogP contribution in [-0.2, 0) is 25.8 Å². The van der Waals surface area contributed by atoms with Crippen LogP contribution >= 0.6 is 0 Å². The molecule has 1 N–H and O–H groups in total. The lowest BCUT2D eigenvalue weighted by Crippen LogP contribution is -2.46. The van der Waals surface area contributed by atoms with Crippen LogP contribution in [0.25, 0.3) is 0 Å². The largest absolute Gasteiger partial charge is 0.339 e. The molecule has 2 aromatic rings. The molecule has 25 heavy (non-hydrogen) atoms. The van der Waals surface area contributed by atoms with E-state index in [2.05, 4.69) is 46.4 Å². The van der Waals surface area contributed by atoms with Gasteiger partial charge in [-0.25, -0.2) is 0 Å². The Morgan fingerprint density at radius 2 is 2.04 bits per heavy atom. The molecule has 1 aliphatic heterocycles. The summed E-state index contributed by atoms with van der Waals surface area (Å²) in [5.74, 6) is 0.0478. The number of aromatic nitrogens is 2. The molecule has 1 aromatic heterocycles. The zero-order chi connectivity index (χ0) is 17.4. The fourth-order valence-electron chi connectivity index (χ4n) is 4.16. The van der Waals surface area contributed by atoms with Gasteiger partial charge in [0.15, 0.2) is 5.69 Å². The number of hydrogen-bond donors (Lipinski definition) is 1. The molecule has 1 atom stereocenters. The maximum absolute atomic E-state index is 12.9. The zero-order valence-electron chi connectivity index (χ0n) is 15.1. The van der Waals surface area contributed by atoms with Gasteiger partial charge in [-0.3, -0.25) is 14.8 Å². The monoisotopic (exact) mass is 338 g/mol. The number of nitrogens with zero attached hydrogens (tertiary/aromatic N) is 3. The Hall–Kier alpha value is -2.14. The highest BCUT2D eigenvalue weighted by Crippen LogP contribution is 2.25. The normalized spacial score (nSPS) is 20.0. The third-order valence-electron chi connectivity index (χ3n) is 5.71. The molecule has 1 aliphatic carbocycles. The van der Waals surface area contributed by atoms with Gasteiger partial charge in [0.25, 0.3) is 5.91 Å². The predicted molar refractivity (Wildman–Crippen MR) is 97.6 cm³/mol. The van der Waals surface area contributed by atoms with Crippen LogP contribution < -0.4 is 0 Å². The number of fused-ring (bicyclic) bond motifs is 2. The van der Waals surface area contributed by atoms with Crippen molar-refractivity contribution in [1.29, 1.82) is 0 Å². The van der Waals surface area contributed by atoms with Gasteiger partial charge in [0.05, 0.1) is 0 Å². The topological polar surface area (TPSA) is 52.2 Å². The number of benzene rings is 1. The molecule has 0 spiro atoms. The minimum absolute atomic E-state index is 0.0478. The van der Waals surface area contributed by atoms with Gasteiger partial charge in [-0.1, -0.05) is 24.3 Å². The lowest BCUT2D eigenvalue weighted by molar-refractivity contribution is 0.0726. The Morgan fingerprint density at radius 3 is 2.88 bits per heavy atom. The first-order valence-electron chi connectivity index (χ1n) is 9.22. The van der Waals surface area contributed by atoms with Crippen molar-refractivity contribution in [3.05, 3.63) is 52.3 Å². The average molecular weight is 338 g/mol. The minimum Gasteiger partial charge on any atom is -0.339 e. The van der Waals surface area contributed by atoms with Crippen molar-refractivity contribution in [2.45, 2.75) is 44.7 Å². The van der Waals surface area contributed by atoms with E-state index in [9.17, 15) is 4.79 Å². The van der Waals surface area contributed by atoms with Crippen LogP contribution in [0, 0.1) is 0 Å². The van der Waals surface area contributed by atoms with Crippen molar-refractivity contribution < 1.29 is 4.79 Å². The molecule has 0 saturated carbocycles. The van der Waals surface area contributed by atoms with Crippen LogP contribution in [0.4, 0.5) is 0 Å². The van der Waals surface area contributed by atoms with Gasteiger partial charge >= 0.3 is 0 Å². The molecule has 2 heterocycles. The van der Waals surface area contributed by atoms with Crippen molar-refractivity contribution in [1.82, 2.24) is 20.0 Å². The molecule has 0 bridgehead atoms. The highest BCUT2D eigenvalue weighted by atomic mass is 16.2. The van der Waals surface area contributed by atoms with Crippen LogP contribution in [0.3, 0.4) is 0 Å². The van der Waals surface area contributed by atoms with E-state index in [1.54, 1.807) is 0 Å². The Kier molecular flexibility index (Phi) is 4.34. The van der Waals surface area contributed by atoms with Gasteiger partial charge in [-0.15, -0.1) is 0 Å². The number of hydrogen-bond acceptors (Lipinski definition) is 3. The first-order valence-corrected chi connectivity index (χ1v) is 9.22. The van der Waals surface area contributed by atoms with Crippen molar-refractivity contribution in [3.8, 4) is 0 Å². The predicted octanol–water partition coefficient (Wildman–Crippen LogP) is 2.42. The SMILES string of the molecule is CN(C[C@H]1Cc2ccccc2CN1C)C(=O)c1n[nH]c2c1CCCC2. The van der Waals surface area contributed by atoms with E-state index in [1.807, 2.05) is 11.9 Å². The molecular weight excluding hydrogens is 312 g/mol. The van der Waals surface area contributed by atoms with Crippen molar-refractivity contribution >= 4 is 5.91 Å². The summed E-state index contributed by atoms with van der Waals surface area (Å²) >= 11 is 0. The van der Waals surface area contributed by atoms with Crippen LogP contribution in [-0.4, -0.2) is 52.6 Å². The summed E-state index contributed by atoms with van der Waals surface area (Å²) in [6.07, 6.45) is 5.31. The van der Waals surface area contributed by atoms with E-state index in [-0.39, 0.29) is 5.91 Å². The van der Waals surface area contributed by atoms with Crippen LogP contribution in [0.15, 0.2) is 24.3 Å². The molecule has 0 unspecified atom stereocenters. The maximum atomic E-state index is 12.9. The van der Waals surface area contributed by atoms with Gasteiger partial charge in [0.1, 0.15) is 0 Å². The number of carbonyl (C=O) groups is 1. The number of aryl methyl sites for hydroxylation is 1. The second-order valence-electron chi connectivity index (χ2n) is 7.46. The molecule has 0 fully saturated rings. The second kappa shape index (κ2) is 6.64. The van der Waals surface area contributed by atoms with E-state index < -0.39 is 0 Å². The number of rotatable bonds is 3. The van der Waals surface area contributed by atoms with Crippen LogP contribution in [0.1, 0.15) is 45.7 Å². The summed E-state index contributed by atoms with van der Waals surface area (Å²) in [4.78, 5) is 17.1. The van der Waals surface area contributed by atoms with Crippen LogP contribution in [0.2, 0.25) is 0 Å². The molecule has 0 radical (unpaired) electrons. The smallest absolute Gasteiger partial charge is 0.274 e. The summed E-state index contributed by atoms with van der Waals surface area (Å²) in [6.45, 7) is 1.67. The van der Waals surface area contributed by atoms with Gasteiger partial charge in [-0.2, -0.15) is 5.10 Å². The number of carbonyl (C=O) groups excluding carboxylic acids is 1. The maximum Gasteiger partial charge on any atom is 0.274 e. The summed E-state index contributed by atoms with van der Waals surface area (Å²) in [6, 6.07) is 8.96. The number of H-pyrrole nitrogens is 1.